The van der Waals surface area contributed by atoms with E-state index < -0.39 is 0 Å². The fourth-order valence-corrected chi connectivity index (χ4v) is 3.23. The van der Waals surface area contributed by atoms with E-state index in [4.69, 9.17) is 4.52 Å². The van der Waals surface area contributed by atoms with Crippen molar-refractivity contribution in [3.8, 4) is 11.5 Å². The van der Waals surface area contributed by atoms with E-state index in [1.54, 1.807) is 4.90 Å². The second-order valence-electron chi connectivity index (χ2n) is 6.33. The third-order valence-electron chi connectivity index (χ3n) is 4.45. The van der Waals surface area contributed by atoms with E-state index in [9.17, 15) is 4.79 Å². The van der Waals surface area contributed by atoms with Crippen molar-refractivity contribution in [3.05, 3.63) is 30.3 Å². The minimum Gasteiger partial charge on any atom is -0.350 e. The van der Waals surface area contributed by atoms with Gasteiger partial charge in [-0.05, 0) is 30.1 Å². The molecule has 1 amide bonds. The molecule has 1 aliphatic rings. The molecule has 6 nitrogen and oxygen atoms in total. The van der Waals surface area contributed by atoms with E-state index in [-0.39, 0.29) is 11.3 Å². The van der Waals surface area contributed by atoms with E-state index in [0.29, 0.717) is 18.4 Å². The smallest absolute Gasteiger partial charge is 0.263 e. The van der Waals surface area contributed by atoms with Crippen LogP contribution < -0.4 is 5.32 Å². The maximum absolute atomic E-state index is 12.5. The van der Waals surface area contributed by atoms with E-state index in [0.717, 1.165) is 31.2 Å². The maximum Gasteiger partial charge on any atom is 0.263 e. The third kappa shape index (κ3) is 3.21. The summed E-state index contributed by atoms with van der Waals surface area (Å²) >= 11 is 0. The highest BCUT2D eigenvalue weighted by Gasteiger charge is 2.42. The van der Waals surface area contributed by atoms with Crippen LogP contribution >= 0.6 is 0 Å². The van der Waals surface area contributed by atoms with Gasteiger partial charge in [-0.2, -0.15) is 4.98 Å². The molecule has 122 valence electrons. The van der Waals surface area contributed by atoms with Crippen molar-refractivity contribution in [3.63, 3.8) is 0 Å². The summed E-state index contributed by atoms with van der Waals surface area (Å²) in [5, 5.41) is 7.16. The first-order valence-electron chi connectivity index (χ1n) is 7.95. The van der Waals surface area contributed by atoms with Crippen LogP contribution in [-0.2, 0) is 4.79 Å². The lowest BCUT2D eigenvalue weighted by atomic mass is 9.84. The number of amides is 1. The number of nitrogens with zero attached hydrogens (tertiary/aromatic N) is 3. The van der Waals surface area contributed by atoms with Gasteiger partial charge in [-0.15, -0.1) is 0 Å². The molecule has 1 aliphatic carbocycles. The highest BCUT2D eigenvalue weighted by atomic mass is 16.5. The fraction of sp³-hybridized carbons (Fsp3) is 0.471. The molecular weight excluding hydrogens is 292 g/mol. The van der Waals surface area contributed by atoms with Crippen LogP contribution in [0.2, 0.25) is 0 Å². The number of hydrogen-bond acceptors (Lipinski definition) is 5. The minimum atomic E-state index is -0.350. The second-order valence-corrected chi connectivity index (χ2v) is 6.33. The quantitative estimate of drug-likeness (QED) is 0.919. The van der Waals surface area contributed by atoms with Crippen molar-refractivity contribution < 1.29 is 9.32 Å². The van der Waals surface area contributed by atoms with Gasteiger partial charge in [0.05, 0.1) is 5.41 Å². The second kappa shape index (κ2) is 6.40. The zero-order chi connectivity index (χ0) is 16.3. The molecule has 2 aromatic rings. The van der Waals surface area contributed by atoms with Gasteiger partial charge in [-0.25, -0.2) is 0 Å². The monoisotopic (exact) mass is 314 g/mol. The van der Waals surface area contributed by atoms with Crippen LogP contribution in [0.15, 0.2) is 34.9 Å². The molecule has 0 unspecified atom stereocenters. The number of benzene rings is 1. The first-order chi connectivity index (χ1) is 11.1. The number of carbonyl (C=O) groups excluding carboxylic acids is 1. The number of nitrogens with one attached hydrogen (secondary N) is 1. The lowest BCUT2D eigenvalue weighted by Gasteiger charge is -2.30. The van der Waals surface area contributed by atoms with Crippen molar-refractivity contribution in [1.29, 1.82) is 0 Å². The summed E-state index contributed by atoms with van der Waals surface area (Å²) in [6, 6.07) is 9.64. The fourth-order valence-electron chi connectivity index (χ4n) is 3.23. The average Bonchev–Trinajstić information content (AvgIpc) is 3.23. The van der Waals surface area contributed by atoms with Crippen molar-refractivity contribution in [2.24, 2.45) is 5.41 Å². The Bertz CT molecular complexity index is 660. The molecule has 23 heavy (non-hydrogen) atoms. The van der Waals surface area contributed by atoms with E-state index in [2.05, 4.69) is 15.5 Å². The predicted molar refractivity (Wildman–Crippen MR) is 87.8 cm³/mol. The molecule has 6 heteroatoms. The van der Waals surface area contributed by atoms with Crippen LogP contribution in [0.25, 0.3) is 11.5 Å². The normalized spacial score (nSPS) is 16.3. The number of rotatable bonds is 5. The number of aromatic nitrogens is 2. The number of carbonyl (C=O) groups is 1. The summed E-state index contributed by atoms with van der Waals surface area (Å²) in [6.07, 6.45) is 3.98. The zero-order valence-electron chi connectivity index (χ0n) is 13.6. The van der Waals surface area contributed by atoms with Crippen molar-refractivity contribution in [1.82, 2.24) is 15.0 Å². The SMILES string of the molecule is CN(C)C(=O)C1(CNc2noc(-c3ccccc3)n2)CCCC1. The van der Waals surface area contributed by atoms with Gasteiger partial charge in [0.25, 0.3) is 11.8 Å². The lowest BCUT2D eigenvalue weighted by Crippen LogP contribution is -2.43. The Labute approximate surface area is 135 Å². The zero-order valence-corrected chi connectivity index (χ0v) is 13.6. The van der Waals surface area contributed by atoms with Gasteiger partial charge in [0.2, 0.25) is 5.91 Å². The molecule has 3 rings (SSSR count). The molecule has 1 aromatic heterocycles. The highest BCUT2D eigenvalue weighted by molar-refractivity contribution is 5.83. The summed E-state index contributed by atoms with van der Waals surface area (Å²) in [7, 11) is 3.62. The van der Waals surface area contributed by atoms with Crippen LogP contribution in [0.4, 0.5) is 5.95 Å². The Morgan fingerprint density at radius 2 is 1.96 bits per heavy atom. The predicted octanol–water partition coefficient (Wildman–Crippen LogP) is 2.80. The average molecular weight is 314 g/mol. The molecular formula is C17H22N4O2. The van der Waals surface area contributed by atoms with Gasteiger partial charge < -0.3 is 14.7 Å². The molecule has 0 aliphatic heterocycles. The van der Waals surface area contributed by atoms with Crippen LogP contribution in [0.3, 0.4) is 0 Å². The summed E-state index contributed by atoms with van der Waals surface area (Å²) in [5.74, 6) is 1.09. The topological polar surface area (TPSA) is 71.3 Å². The molecule has 0 atom stereocenters. The van der Waals surface area contributed by atoms with Crippen LogP contribution in [0.1, 0.15) is 25.7 Å². The largest absolute Gasteiger partial charge is 0.350 e. The molecule has 1 aromatic carbocycles. The lowest BCUT2D eigenvalue weighted by molar-refractivity contribution is -0.138. The Morgan fingerprint density at radius 1 is 1.26 bits per heavy atom. The molecule has 0 spiro atoms. The molecule has 1 saturated carbocycles. The van der Waals surface area contributed by atoms with Crippen molar-refractivity contribution in [2.45, 2.75) is 25.7 Å². The molecule has 0 bridgehead atoms. The van der Waals surface area contributed by atoms with E-state index in [1.807, 2.05) is 44.4 Å². The minimum absolute atomic E-state index is 0.175. The number of hydrogen-bond donors (Lipinski definition) is 1. The van der Waals surface area contributed by atoms with Crippen LogP contribution in [0.5, 0.6) is 0 Å². The Morgan fingerprint density at radius 3 is 2.61 bits per heavy atom. The molecule has 1 heterocycles. The van der Waals surface area contributed by atoms with Gasteiger partial charge in [0.15, 0.2) is 0 Å². The van der Waals surface area contributed by atoms with Crippen molar-refractivity contribution in [2.75, 3.05) is 26.0 Å². The van der Waals surface area contributed by atoms with E-state index >= 15 is 0 Å². The van der Waals surface area contributed by atoms with Crippen molar-refractivity contribution >= 4 is 11.9 Å². The van der Waals surface area contributed by atoms with Crippen LogP contribution in [0, 0.1) is 5.41 Å². The summed E-state index contributed by atoms with van der Waals surface area (Å²) < 4.78 is 5.29. The highest BCUT2D eigenvalue weighted by Crippen LogP contribution is 2.39. The van der Waals surface area contributed by atoms with Gasteiger partial charge >= 0.3 is 0 Å². The summed E-state index contributed by atoms with van der Waals surface area (Å²) in [4.78, 5) is 18.6. The first-order valence-corrected chi connectivity index (χ1v) is 7.95. The van der Waals surface area contributed by atoms with Gasteiger partial charge in [0, 0.05) is 26.2 Å². The molecule has 1 fully saturated rings. The van der Waals surface area contributed by atoms with E-state index in [1.165, 1.54) is 0 Å². The Kier molecular flexibility index (Phi) is 4.32. The molecule has 0 radical (unpaired) electrons. The van der Waals surface area contributed by atoms with Gasteiger partial charge in [-0.1, -0.05) is 31.0 Å². The Balaban J connectivity index is 1.70. The van der Waals surface area contributed by atoms with Gasteiger partial charge in [-0.3, -0.25) is 4.79 Å². The standard InChI is InChI=1S/C17H22N4O2/c1-21(2)15(22)17(10-6-7-11-17)12-18-16-19-14(23-20-16)13-8-4-3-5-9-13/h3-5,8-9H,6-7,10-12H2,1-2H3,(H,18,20). The summed E-state index contributed by atoms with van der Waals surface area (Å²) in [6.45, 7) is 0.539. The summed E-state index contributed by atoms with van der Waals surface area (Å²) in [5.41, 5.74) is 0.532. The molecule has 0 saturated heterocycles. The first kappa shape index (κ1) is 15.5. The Hall–Kier alpha value is -2.37. The maximum atomic E-state index is 12.5. The molecule has 1 N–H and O–H groups in total. The number of anilines is 1. The third-order valence-corrected chi connectivity index (χ3v) is 4.45. The van der Waals surface area contributed by atoms with Gasteiger partial charge in [0.1, 0.15) is 0 Å². The van der Waals surface area contributed by atoms with Crippen LogP contribution in [-0.4, -0.2) is 41.6 Å².